The molecule has 2 aliphatic rings. The number of hydrogen-bond donors (Lipinski definition) is 0. The average molecular weight is 422 g/mol. The van der Waals surface area contributed by atoms with Crippen molar-refractivity contribution in [2.45, 2.75) is 11.4 Å². The molecule has 150 valence electrons. The third-order valence-electron chi connectivity index (χ3n) is 5.38. The van der Waals surface area contributed by atoms with Gasteiger partial charge in [-0.05, 0) is 48.0 Å². The van der Waals surface area contributed by atoms with Gasteiger partial charge < -0.3 is 4.90 Å². The van der Waals surface area contributed by atoms with Crippen LogP contribution < -0.4 is 9.80 Å². The monoisotopic (exact) mass is 422 g/mol. The summed E-state index contributed by atoms with van der Waals surface area (Å²) in [5.41, 5.74) is 2.49. The molecule has 1 fully saturated rings. The van der Waals surface area contributed by atoms with Crippen LogP contribution in [-0.4, -0.2) is 17.6 Å². The summed E-state index contributed by atoms with van der Waals surface area (Å²) in [6, 6.07) is 19.0. The number of carbonyl (C=O) groups is 2. The molecule has 1 spiro atoms. The third-order valence-corrected chi connectivity index (χ3v) is 6.76. The average Bonchev–Trinajstić information content (AvgIpc) is 3.20. The van der Waals surface area contributed by atoms with Crippen LogP contribution in [0.3, 0.4) is 0 Å². The van der Waals surface area contributed by atoms with E-state index in [1.165, 1.54) is 53.1 Å². The van der Waals surface area contributed by atoms with Gasteiger partial charge in [0.15, 0.2) is 0 Å². The highest BCUT2D eigenvalue weighted by molar-refractivity contribution is 8.02. The first kappa shape index (κ1) is 18.8. The van der Waals surface area contributed by atoms with Gasteiger partial charge in [0.1, 0.15) is 11.6 Å². The summed E-state index contributed by atoms with van der Waals surface area (Å²) in [5.74, 6) is -1.15. The highest BCUT2D eigenvalue weighted by Gasteiger charge is 2.60. The van der Waals surface area contributed by atoms with Crippen LogP contribution >= 0.6 is 11.8 Å². The van der Waals surface area contributed by atoms with Crippen molar-refractivity contribution < 1.29 is 18.4 Å². The second-order valence-corrected chi connectivity index (χ2v) is 8.34. The van der Waals surface area contributed by atoms with Crippen molar-refractivity contribution in [1.29, 1.82) is 0 Å². The Balaban J connectivity index is 1.64. The zero-order chi connectivity index (χ0) is 20.9. The molecule has 0 aromatic heterocycles. The molecule has 3 aromatic rings. The number of carbonyl (C=O) groups excluding carboxylic acids is 2. The molecule has 3 aromatic carbocycles. The number of anilines is 2. The first-order valence-electron chi connectivity index (χ1n) is 9.39. The van der Waals surface area contributed by atoms with E-state index in [1.54, 1.807) is 17.0 Å². The lowest BCUT2D eigenvalue weighted by molar-refractivity contribution is -0.123. The van der Waals surface area contributed by atoms with Gasteiger partial charge in [-0.15, -0.1) is 11.8 Å². The quantitative estimate of drug-likeness (QED) is 0.627. The summed E-state index contributed by atoms with van der Waals surface area (Å²) in [6.07, 6.45) is 0. The van der Waals surface area contributed by atoms with E-state index in [-0.39, 0.29) is 29.9 Å². The molecule has 0 bridgehead atoms. The van der Waals surface area contributed by atoms with E-state index >= 15 is 0 Å². The SMILES string of the molecule is O=C1CS[C@@]2(C(=O)N(Cc3cccc(F)c3)c3ccccc32)N1c1ccc(F)cc1. The summed E-state index contributed by atoms with van der Waals surface area (Å²) in [6.45, 7) is 0.182. The molecule has 1 atom stereocenters. The van der Waals surface area contributed by atoms with E-state index in [0.29, 0.717) is 22.5 Å². The van der Waals surface area contributed by atoms with Gasteiger partial charge in [0.2, 0.25) is 10.8 Å². The van der Waals surface area contributed by atoms with Crippen LogP contribution in [0, 0.1) is 11.6 Å². The lowest BCUT2D eigenvalue weighted by Gasteiger charge is -2.33. The summed E-state index contributed by atoms with van der Waals surface area (Å²) < 4.78 is 27.2. The molecule has 7 heteroatoms. The fourth-order valence-corrected chi connectivity index (χ4v) is 5.48. The molecule has 5 rings (SSSR count). The van der Waals surface area contributed by atoms with E-state index in [1.807, 2.05) is 24.3 Å². The Bertz CT molecular complexity index is 1170. The van der Waals surface area contributed by atoms with Gasteiger partial charge in [-0.25, -0.2) is 8.78 Å². The lowest BCUT2D eigenvalue weighted by atomic mass is 10.0. The van der Waals surface area contributed by atoms with Crippen LogP contribution in [0.15, 0.2) is 72.8 Å². The highest BCUT2D eigenvalue weighted by Crippen LogP contribution is 2.55. The van der Waals surface area contributed by atoms with E-state index in [2.05, 4.69) is 0 Å². The zero-order valence-corrected chi connectivity index (χ0v) is 16.5. The summed E-state index contributed by atoms with van der Waals surface area (Å²) in [4.78, 5) is 28.5. The van der Waals surface area contributed by atoms with Gasteiger partial charge in [0.05, 0.1) is 18.0 Å². The van der Waals surface area contributed by atoms with Crippen LogP contribution in [0.1, 0.15) is 11.1 Å². The Hall–Kier alpha value is -3.19. The van der Waals surface area contributed by atoms with Crippen molar-refractivity contribution in [3.8, 4) is 0 Å². The number of thioether (sulfide) groups is 1. The topological polar surface area (TPSA) is 40.6 Å². The Morgan fingerprint density at radius 1 is 0.900 bits per heavy atom. The maximum atomic E-state index is 13.8. The van der Waals surface area contributed by atoms with Crippen LogP contribution in [0.5, 0.6) is 0 Å². The zero-order valence-electron chi connectivity index (χ0n) is 15.7. The number of benzene rings is 3. The maximum absolute atomic E-state index is 13.8. The number of nitrogens with zero attached hydrogens (tertiary/aromatic N) is 2. The predicted molar refractivity (Wildman–Crippen MR) is 112 cm³/mol. The fraction of sp³-hybridized carbons (Fsp3) is 0.130. The number of fused-ring (bicyclic) bond motifs is 2. The number of para-hydroxylation sites is 1. The highest BCUT2D eigenvalue weighted by atomic mass is 32.2. The normalized spacial score (nSPS) is 20.3. The van der Waals surface area contributed by atoms with Crippen molar-refractivity contribution in [2.24, 2.45) is 0 Å². The molecule has 0 saturated carbocycles. The maximum Gasteiger partial charge on any atom is 0.269 e. The minimum Gasteiger partial charge on any atom is -0.304 e. The number of halogens is 2. The van der Waals surface area contributed by atoms with Gasteiger partial charge in [-0.3, -0.25) is 14.5 Å². The number of rotatable bonds is 3. The molecule has 2 aliphatic heterocycles. The lowest BCUT2D eigenvalue weighted by Crippen LogP contribution is -2.49. The Morgan fingerprint density at radius 3 is 2.43 bits per heavy atom. The van der Waals surface area contributed by atoms with Gasteiger partial charge >= 0.3 is 0 Å². The second-order valence-electron chi connectivity index (χ2n) is 7.18. The van der Waals surface area contributed by atoms with Gasteiger partial charge in [0.25, 0.3) is 5.91 Å². The van der Waals surface area contributed by atoms with Gasteiger partial charge in [0, 0.05) is 11.3 Å². The molecular weight excluding hydrogens is 406 g/mol. The Kier molecular flexibility index (Phi) is 4.36. The third kappa shape index (κ3) is 2.73. The molecule has 1 saturated heterocycles. The van der Waals surface area contributed by atoms with Crippen molar-refractivity contribution >= 4 is 35.0 Å². The first-order chi connectivity index (χ1) is 14.5. The molecule has 2 amide bonds. The van der Waals surface area contributed by atoms with Crippen LogP contribution in [0.4, 0.5) is 20.2 Å². The van der Waals surface area contributed by atoms with Gasteiger partial charge in [-0.1, -0.05) is 30.3 Å². The molecule has 0 N–H and O–H groups in total. The molecule has 2 heterocycles. The predicted octanol–water partition coefficient (Wildman–Crippen LogP) is 4.44. The second kappa shape index (κ2) is 6.95. The van der Waals surface area contributed by atoms with Crippen LogP contribution in [0.2, 0.25) is 0 Å². The van der Waals surface area contributed by atoms with Crippen LogP contribution in [0.25, 0.3) is 0 Å². The van der Waals surface area contributed by atoms with Crippen molar-refractivity contribution in [1.82, 2.24) is 0 Å². The van der Waals surface area contributed by atoms with E-state index in [0.717, 1.165) is 0 Å². The summed E-state index contributed by atoms with van der Waals surface area (Å²) in [5, 5.41) is 0. The Labute approximate surface area is 176 Å². The smallest absolute Gasteiger partial charge is 0.269 e. The van der Waals surface area contributed by atoms with E-state index < -0.39 is 10.7 Å². The first-order valence-corrected chi connectivity index (χ1v) is 10.4. The minimum absolute atomic E-state index is 0.130. The van der Waals surface area contributed by atoms with Crippen LogP contribution in [-0.2, 0) is 21.0 Å². The molecule has 0 unspecified atom stereocenters. The fourth-order valence-electron chi connectivity index (χ4n) is 4.12. The largest absolute Gasteiger partial charge is 0.304 e. The summed E-state index contributed by atoms with van der Waals surface area (Å²) >= 11 is 1.25. The molecule has 0 aliphatic carbocycles. The minimum atomic E-state index is -1.27. The molecule has 4 nitrogen and oxygen atoms in total. The van der Waals surface area contributed by atoms with E-state index in [4.69, 9.17) is 0 Å². The van der Waals surface area contributed by atoms with Crippen molar-refractivity contribution in [3.63, 3.8) is 0 Å². The standard InChI is InChI=1S/C23H16F2N2O2S/c24-16-8-10-18(11-9-16)27-21(28)14-30-23(27)19-6-1-2-7-20(19)26(22(23)29)13-15-4-3-5-17(25)12-15/h1-12H,13-14H2/t23-/m0/s1. The van der Waals surface area contributed by atoms with E-state index in [9.17, 15) is 18.4 Å². The molecule has 30 heavy (non-hydrogen) atoms. The van der Waals surface area contributed by atoms with Crippen molar-refractivity contribution in [2.75, 3.05) is 15.6 Å². The molecular formula is C23H16F2N2O2S. The summed E-state index contributed by atoms with van der Waals surface area (Å²) in [7, 11) is 0. The Morgan fingerprint density at radius 2 is 1.67 bits per heavy atom. The number of hydrogen-bond acceptors (Lipinski definition) is 3. The van der Waals surface area contributed by atoms with Gasteiger partial charge in [-0.2, -0.15) is 0 Å². The number of amides is 2. The molecule has 0 radical (unpaired) electrons. The van der Waals surface area contributed by atoms with Crippen molar-refractivity contribution in [3.05, 3.63) is 95.6 Å².